The largest absolute Gasteiger partial charge is 0.481 e. The lowest BCUT2D eigenvalue weighted by molar-refractivity contribution is -0.136. The Labute approximate surface area is 89.5 Å². The summed E-state index contributed by atoms with van der Waals surface area (Å²) in [6.45, 7) is 0. The van der Waals surface area contributed by atoms with Gasteiger partial charge >= 0.3 is 5.97 Å². The Kier molecular flexibility index (Phi) is 2.63. The number of carboxylic acids is 1. The van der Waals surface area contributed by atoms with Crippen molar-refractivity contribution in [2.24, 2.45) is 0 Å². The van der Waals surface area contributed by atoms with Crippen LogP contribution >= 0.6 is 0 Å². The van der Waals surface area contributed by atoms with Crippen molar-refractivity contribution in [1.29, 1.82) is 0 Å². The van der Waals surface area contributed by atoms with Gasteiger partial charge in [0, 0.05) is 5.56 Å². The van der Waals surface area contributed by atoms with Gasteiger partial charge in [-0.05, 0) is 18.2 Å². The molecule has 0 unspecified atom stereocenters. The Hall–Kier alpha value is -2.24. The normalized spacial score (nSPS) is 10.3. The van der Waals surface area contributed by atoms with Crippen molar-refractivity contribution in [1.82, 2.24) is 10.2 Å². The van der Waals surface area contributed by atoms with Crippen molar-refractivity contribution in [3.8, 4) is 11.5 Å². The predicted molar refractivity (Wildman–Crippen MR) is 51.0 cm³/mol. The highest BCUT2D eigenvalue weighted by atomic mass is 19.1. The number of rotatable bonds is 3. The van der Waals surface area contributed by atoms with Crippen LogP contribution in [-0.2, 0) is 11.2 Å². The summed E-state index contributed by atoms with van der Waals surface area (Å²) >= 11 is 0. The summed E-state index contributed by atoms with van der Waals surface area (Å²) in [4.78, 5) is 10.4. The van der Waals surface area contributed by atoms with Gasteiger partial charge in [-0.25, -0.2) is 4.39 Å². The van der Waals surface area contributed by atoms with Crippen LogP contribution in [0.1, 0.15) is 5.89 Å². The molecule has 6 heteroatoms. The monoisotopic (exact) mass is 222 g/mol. The van der Waals surface area contributed by atoms with Crippen molar-refractivity contribution in [3.63, 3.8) is 0 Å². The molecule has 1 aromatic heterocycles. The number of aromatic nitrogens is 2. The van der Waals surface area contributed by atoms with E-state index < -0.39 is 11.8 Å². The number of aliphatic carboxylic acids is 1. The van der Waals surface area contributed by atoms with Crippen molar-refractivity contribution < 1.29 is 18.7 Å². The van der Waals surface area contributed by atoms with Gasteiger partial charge in [0.1, 0.15) is 12.2 Å². The lowest BCUT2D eigenvalue weighted by Gasteiger charge is -1.93. The first kappa shape index (κ1) is 10.3. The Morgan fingerprint density at radius 2 is 2.25 bits per heavy atom. The molecule has 5 nitrogen and oxygen atoms in total. The molecule has 0 aliphatic rings. The van der Waals surface area contributed by atoms with Crippen molar-refractivity contribution in [3.05, 3.63) is 36.0 Å². The molecule has 1 heterocycles. The highest BCUT2D eigenvalue weighted by Crippen LogP contribution is 2.18. The van der Waals surface area contributed by atoms with E-state index in [2.05, 4.69) is 10.2 Å². The number of carboxylic acid groups (broad SMARTS) is 1. The maximum absolute atomic E-state index is 12.9. The molecule has 0 aliphatic heterocycles. The molecule has 0 radical (unpaired) electrons. The van der Waals surface area contributed by atoms with Crippen molar-refractivity contribution in [2.75, 3.05) is 0 Å². The molecule has 0 bridgehead atoms. The average molecular weight is 222 g/mol. The molecule has 16 heavy (non-hydrogen) atoms. The zero-order valence-corrected chi connectivity index (χ0v) is 8.05. The zero-order chi connectivity index (χ0) is 11.5. The van der Waals surface area contributed by atoms with Gasteiger partial charge in [-0.2, -0.15) is 0 Å². The lowest BCUT2D eigenvalue weighted by Crippen LogP contribution is -1.99. The minimum absolute atomic E-state index is 0.00763. The van der Waals surface area contributed by atoms with E-state index in [1.54, 1.807) is 6.07 Å². The number of hydrogen-bond acceptors (Lipinski definition) is 4. The molecule has 1 aromatic carbocycles. The zero-order valence-electron chi connectivity index (χ0n) is 8.05. The molecular formula is C10H7FN2O3. The third-order valence-electron chi connectivity index (χ3n) is 1.84. The molecular weight excluding hydrogens is 215 g/mol. The Balaban J connectivity index is 2.28. The third kappa shape index (κ3) is 2.22. The van der Waals surface area contributed by atoms with Gasteiger partial charge in [-0.15, -0.1) is 10.2 Å². The van der Waals surface area contributed by atoms with Gasteiger partial charge in [-0.1, -0.05) is 6.07 Å². The van der Waals surface area contributed by atoms with Crippen LogP contribution in [0.25, 0.3) is 11.5 Å². The van der Waals surface area contributed by atoms with E-state index in [-0.39, 0.29) is 18.2 Å². The summed E-state index contributed by atoms with van der Waals surface area (Å²) in [5.41, 5.74) is 0.420. The maximum Gasteiger partial charge on any atom is 0.312 e. The summed E-state index contributed by atoms with van der Waals surface area (Å²) < 4.78 is 18.0. The second-order valence-corrected chi connectivity index (χ2v) is 3.08. The summed E-state index contributed by atoms with van der Waals surface area (Å²) in [6.07, 6.45) is -0.345. The molecule has 82 valence electrons. The summed E-state index contributed by atoms with van der Waals surface area (Å²) in [6, 6.07) is 5.63. The molecule has 0 amide bonds. The van der Waals surface area contributed by atoms with E-state index in [9.17, 15) is 9.18 Å². The fraction of sp³-hybridized carbons (Fsp3) is 0.100. The third-order valence-corrected chi connectivity index (χ3v) is 1.84. The maximum atomic E-state index is 12.9. The summed E-state index contributed by atoms with van der Waals surface area (Å²) in [5.74, 6) is -1.38. The Morgan fingerprint density at radius 3 is 2.94 bits per heavy atom. The summed E-state index contributed by atoms with van der Waals surface area (Å²) in [7, 11) is 0. The second kappa shape index (κ2) is 4.09. The van der Waals surface area contributed by atoms with Crippen molar-refractivity contribution >= 4 is 5.97 Å². The number of hydrogen-bond donors (Lipinski definition) is 1. The SMILES string of the molecule is O=C(O)Cc1nnc(-c2cccc(F)c2)o1. The molecule has 1 N–H and O–H groups in total. The minimum Gasteiger partial charge on any atom is -0.481 e. The van der Waals surface area contributed by atoms with Gasteiger partial charge in [-0.3, -0.25) is 4.79 Å². The fourth-order valence-corrected chi connectivity index (χ4v) is 1.19. The highest BCUT2D eigenvalue weighted by Gasteiger charge is 2.11. The number of carbonyl (C=O) groups is 1. The second-order valence-electron chi connectivity index (χ2n) is 3.08. The summed E-state index contributed by atoms with van der Waals surface area (Å²) in [5, 5.41) is 15.7. The van der Waals surface area contributed by atoms with Crippen LogP contribution in [0, 0.1) is 5.82 Å². The predicted octanol–water partition coefficient (Wildman–Crippen LogP) is 1.50. The molecule has 0 saturated heterocycles. The van der Waals surface area contributed by atoms with E-state index >= 15 is 0 Å². The minimum atomic E-state index is -1.06. The molecule has 0 spiro atoms. The van der Waals surface area contributed by atoms with Crippen LogP contribution in [0.2, 0.25) is 0 Å². The standard InChI is InChI=1S/C10H7FN2O3/c11-7-3-1-2-6(4-7)10-13-12-8(16-10)5-9(14)15/h1-4H,5H2,(H,14,15). The van der Waals surface area contributed by atoms with Crippen LogP contribution in [0.5, 0.6) is 0 Å². The van der Waals surface area contributed by atoms with Gasteiger partial charge in [0.2, 0.25) is 11.8 Å². The molecule has 2 aromatic rings. The lowest BCUT2D eigenvalue weighted by atomic mass is 10.2. The van der Waals surface area contributed by atoms with E-state index in [0.29, 0.717) is 5.56 Å². The van der Waals surface area contributed by atoms with Gasteiger partial charge in [0.15, 0.2) is 0 Å². The van der Waals surface area contributed by atoms with Crippen LogP contribution in [0.15, 0.2) is 28.7 Å². The van der Waals surface area contributed by atoms with Crippen LogP contribution < -0.4 is 0 Å². The van der Waals surface area contributed by atoms with E-state index in [1.807, 2.05) is 0 Å². The van der Waals surface area contributed by atoms with Gasteiger partial charge in [0.05, 0.1) is 0 Å². The molecule has 0 aliphatic carbocycles. The van der Waals surface area contributed by atoms with E-state index in [0.717, 1.165) is 0 Å². The van der Waals surface area contributed by atoms with Crippen LogP contribution in [0.4, 0.5) is 4.39 Å². The topological polar surface area (TPSA) is 76.2 Å². The molecule has 0 saturated carbocycles. The smallest absolute Gasteiger partial charge is 0.312 e. The first-order valence-electron chi connectivity index (χ1n) is 4.45. The van der Waals surface area contributed by atoms with Crippen molar-refractivity contribution in [2.45, 2.75) is 6.42 Å². The number of nitrogens with zero attached hydrogens (tertiary/aromatic N) is 2. The van der Waals surface area contributed by atoms with E-state index in [1.165, 1.54) is 18.2 Å². The molecule has 2 rings (SSSR count). The van der Waals surface area contributed by atoms with Crippen LogP contribution in [-0.4, -0.2) is 21.3 Å². The first-order chi connectivity index (χ1) is 7.65. The fourth-order valence-electron chi connectivity index (χ4n) is 1.19. The average Bonchev–Trinajstić information content (AvgIpc) is 2.65. The number of benzene rings is 1. The Morgan fingerprint density at radius 1 is 1.44 bits per heavy atom. The van der Waals surface area contributed by atoms with E-state index in [4.69, 9.17) is 9.52 Å². The van der Waals surface area contributed by atoms with Gasteiger partial charge < -0.3 is 9.52 Å². The van der Waals surface area contributed by atoms with Gasteiger partial charge in [0.25, 0.3) is 0 Å². The quantitative estimate of drug-likeness (QED) is 0.851. The number of halogens is 1. The Bertz CT molecular complexity index is 524. The van der Waals surface area contributed by atoms with Crippen LogP contribution in [0.3, 0.4) is 0 Å². The molecule has 0 fully saturated rings. The molecule has 0 atom stereocenters. The highest BCUT2D eigenvalue weighted by molar-refractivity contribution is 5.68. The first-order valence-corrected chi connectivity index (χ1v) is 4.45.